The van der Waals surface area contributed by atoms with E-state index in [1.165, 1.54) is 0 Å². The van der Waals surface area contributed by atoms with Gasteiger partial charge in [0.1, 0.15) is 0 Å². The first-order valence-corrected chi connectivity index (χ1v) is 15.9. The van der Waals surface area contributed by atoms with E-state index in [4.69, 9.17) is 23.2 Å². The summed E-state index contributed by atoms with van der Waals surface area (Å²) < 4.78 is 28.5. The molecule has 0 spiro atoms. The maximum atomic E-state index is 14.6. The fourth-order valence-electron chi connectivity index (χ4n) is 6.19. The molecule has 7 nitrogen and oxygen atoms in total. The zero-order chi connectivity index (χ0) is 27.9. The topological polar surface area (TPSA) is 104 Å². The molecule has 0 aromatic heterocycles. The maximum Gasteiger partial charge on any atom is 0.304 e. The van der Waals surface area contributed by atoms with Crippen molar-refractivity contribution < 1.29 is 23.1 Å². The molecular formula is C29H34Cl2N2O5S. The average Bonchev–Trinajstić information content (AvgIpc) is 3.80. The largest absolute Gasteiger partial charge is 0.481 e. The van der Waals surface area contributed by atoms with E-state index in [9.17, 15) is 23.1 Å². The molecule has 1 aliphatic heterocycles. The summed E-state index contributed by atoms with van der Waals surface area (Å²) in [6.07, 6.45) is 3.45. The van der Waals surface area contributed by atoms with E-state index in [-0.39, 0.29) is 36.0 Å². The van der Waals surface area contributed by atoms with E-state index >= 15 is 0 Å². The molecule has 39 heavy (non-hydrogen) atoms. The minimum absolute atomic E-state index is 0.106. The molecule has 2 N–H and O–H groups in total. The van der Waals surface area contributed by atoms with Crippen LogP contribution in [0.3, 0.4) is 0 Å². The molecule has 3 fully saturated rings. The van der Waals surface area contributed by atoms with E-state index < -0.39 is 33.5 Å². The van der Waals surface area contributed by atoms with Gasteiger partial charge in [-0.2, -0.15) is 0 Å². The molecular weight excluding hydrogens is 559 g/mol. The third kappa shape index (κ3) is 5.99. The van der Waals surface area contributed by atoms with Crippen LogP contribution in [0.2, 0.25) is 10.0 Å². The van der Waals surface area contributed by atoms with E-state index in [0.29, 0.717) is 35.7 Å². The van der Waals surface area contributed by atoms with Crippen LogP contribution in [0.1, 0.15) is 75.0 Å². The van der Waals surface area contributed by atoms with Crippen molar-refractivity contribution in [2.75, 3.05) is 6.54 Å². The van der Waals surface area contributed by atoms with Crippen molar-refractivity contribution in [2.45, 2.75) is 75.1 Å². The third-order valence-corrected chi connectivity index (χ3v) is 11.0. The van der Waals surface area contributed by atoms with Crippen LogP contribution in [0.5, 0.6) is 0 Å². The van der Waals surface area contributed by atoms with Crippen molar-refractivity contribution in [2.24, 2.45) is 11.3 Å². The normalized spacial score (nSPS) is 26.4. The van der Waals surface area contributed by atoms with Gasteiger partial charge in [-0.25, -0.2) is 13.1 Å². The number of carbonyl (C=O) groups excluding carboxylic acids is 1. The van der Waals surface area contributed by atoms with Gasteiger partial charge in [0.05, 0.1) is 23.1 Å². The smallest absolute Gasteiger partial charge is 0.304 e. The quantitative estimate of drug-likeness (QED) is 0.344. The van der Waals surface area contributed by atoms with Crippen molar-refractivity contribution in [3.8, 4) is 0 Å². The van der Waals surface area contributed by atoms with Gasteiger partial charge in [-0.15, -0.1) is 0 Å². The molecule has 2 aromatic carbocycles. The van der Waals surface area contributed by atoms with E-state index in [2.05, 4.69) is 4.72 Å². The van der Waals surface area contributed by atoms with Gasteiger partial charge in [0.25, 0.3) is 0 Å². The van der Waals surface area contributed by atoms with Gasteiger partial charge in [0.2, 0.25) is 15.9 Å². The molecule has 1 amide bonds. The number of likely N-dealkylation sites (tertiary alicyclic amines) is 1. The Morgan fingerprint density at radius 1 is 1.08 bits per heavy atom. The number of piperidine rings is 1. The maximum absolute atomic E-state index is 14.6. The second kappa shape index (κ2) is 11.0. The Kier molecular flexibility index (Phi) is 8.04. The highest BCUT2D eigenvalue weighted by molar-refractivity contribution is 7.90. The minimum atomic E-state index is -3.47. The van der Waals surface area contributed by atoms with E-state index in [0.717, 1.165) is 24.0 Å². The lowest BCUT2D eigenvalue weighted by atomic mass is 9.64. The average molecular weight is 594 g/mol. The van der Waals surface area contributed by atoms with Crippen molar-refractivity contribution in [1.82, 2.24) is 9.62 Å². The Balaban J connectivity index is 1.65. The molecule has 1 saturated heterocycles. The van der Waals surface area contributed by atoms with Gasteiger partial charge in [0.15, 0.2) is 0 Å². The van der Waals surface area contributed by atoms with Crippen LogP contribution in [0.15, 0.2) is 48.5 Å². The molecule has 10 heteroatoms. The van der Waals surface area contributed by atoms with Crippen molar-refractivity contribution in [3.05, 3.63) is 69.7 Å². The van der Waals surface area contributed by atoms with Crippen LogP contribution >= 0.6 is 23.2 Å². The first-order valence-electron chi connectivity index (χ1n) is 13.6. The van der Waals surface area contributed by atoms with Crippen molar-refractivity contribution in [3.63, 3.8) is 0 Å². The monoisotopic (exact) mass is 592 g/mol. The zero-order valence-corrected chi connectivity index (χ0v) is 24.2. The SMILES string of the molecule is CC[C@]1(CC(=O)O)C[C@H](c2cccc(Cl)c2)C(c2ccc(Cl)cc2)N([C@H](CNS(=O)(=O)C2CC2)C2CC2)C1=O. The summed E-state index contributed by atoms with van der Waals surface area (Å²) in [5.41, 5.74) is 0.647. The summed E-state index contributed by atoms with van der Waals surface area (Å²) in [5.74, 6) is -1.39. The second-order valence-corrected chi connectivity index (χ2v) is 14.2. The summed E-state index contributed by atoms with van der Waals surface area (Å²) in [4.78, 5) is 28.5. The fraction of sp³-hybridized carbons (Fsp3) is 0.517. The summed E-state index contributed by atoms with van der Waals surface area (Å²) >= 11 is 12.7. The van der Waals surface area contributed by atoms with Gasteiger partial charge < -0.3 is 10.0 Å². The van der Waals surface area contributed by atoms with E-state index in [1.807, 2.05) is 42.2 Å². The van der Waals surface area contributed by atoms with Crippen LogP contribution in [0.25, 0.3) is 0 Å². The molecule has 210 valence electrons. The Bertz CT molecular complexity index is 1340. The summed E-state index contributed by atoms with van der Waals surface area (Å²) in [6, 6.07) is 14.0. The predicted octanol–water partition coefficient (Wildman–Crippen LogP) is 5.78. The van der Waals surface area contributed by atoms with Crippen LogP contribution < -0.4 is 4.72 Å². The molecule has 0 bridgehead atoms. The number of benzene rings is 2. The standard InChI is InChI=1S/C29H34Cl2N2O5S/c1-2-29(16-26(34)35)15-24(20-4-3-5-22(31)14-20)27(19-8-10-21(30)11-9-19)33(28(29)36)25(18-6-7-18)17-32-39(37,38)23-12-13-23/h3-5,8-11,14,18,23-25,27,32H,2,6-7,12-13,15-17H2,1H3,(H,34,35)/t24-,25-,27?,29-/m1/s1. The first kappa shape index (κ1) is 28.4. The fourth-order valence-corrected chi connectivity index (χ4v) is 7.91. The van der Waals surface area contributed by atoms with Crippen molar-refractivity contribution in [1.29, 1.82) is 0 Å². The molecule has 5 rings (SSSR count). The second-order valence-electron chi connectivity index (χ2n) is 11.3. The van der Waals surface area contributed by atoms with E-state index in [1.54, 1.807) is 18.2 Å². The van der Waals surface area contributed by atoms with Gasteiger partial charge in [-0.1, -0.05) is 54.4 Å². The molecule has 2 aliphatic carbocycles. The van der Waals surface area contributed by atoms with Crippen LogP contribution in [0, 0.1) is 11.3 Å². The first-order chi connectivity index (χ1) is 18.5. The number of carbonyl (C=O) groups is 2. The lowest BCUT2D eigenvalue weighted by molar-refractivity contribution is -0.162. The van der Waals surface area contributed by atoms with Gasteiger partial charge in [-0.05, 0) is 79.8 Å². The Morgan fingerprint density at radius 3 is 2.33 bits per heavy atom. The van der Waals surface area contributed by atoms with Gasteiger partial charge in [-0.3, -0.25) is 9.59 Å². The lowest BCUT2D eigenvalue weighted by Crippen LogP contribution is -2.59. The van der Waals surface area contributed by atoms with Crippen LogP contribution in [-0.4, -0.2) is 48.1 Å². The molecule has 1 unspecified atom stereocenters. The minimum Gasteiger partial charge on any atom is -0.481 e. The van der Waals surface area contributed by atoms with Crippen molar-refractivity contribution >= 4 is 45.1 Å². The Labute approximate surface area is 239 Å². The predicted molar refractivity (Wildman–Crippen MR) is 151 cm³/mol. The molecule has 1 heterocycles. The lowest BCUT2D eigenvalue weighted by Gasteiger charge is -2.53. The number of hydrogen-bond donors (Lipinski definition) is 2. The molecule has 4 atom stereocenters. The Hall–Kier alpha value is -2.13. The molecule has 2 aromatic rings. The summed E-state index contributed by atoms with van der Waals surface area (Å²) in [6.45, 7) is 1.97. The summed E-state index contributed by atoms with van der Waals surface area (Å²) in [7, 11) is -3.47. The highest BCUT2D eigenvalue weighted by atomic mass is 35.5. The number of aliphatic carboxylic acids is 1. The number of halogens is 2. The number of rotatable bonds is 11. The molecule has 2 saturated carbocycles. The molecule has 0 radical (unpaired) electrons. The van der Waals surface area contributed by atoms with Gasteiger partial charge in [0, 0.05) is 28.5 Å². The van der Waals surface area contributed by atoms with Crippen LogP contribution in [-0.2, 0) is 19.6 Å². The van der Waals surface area contributed by atoms with Gasteiger partial charge >= 0.3 is 5.97 Å². The Morgan fingerprint density at radius 2 is 1.77 bits per heavy atom. The highest BCUT2D eigenvalue weighted by Gasteiger charge is 2.56. The number of nitrogens with one attached hydrogen (secondary N) is 1. The number of nitrogens with zero attached hydrogens (tertiary/aromatic N) is 1. The van der Waals surface area contributed by atoms with Crippen LogP contribution in [0.4, 0.5) is 0 Å². The molecule has 3 aliphatic rings. The third-order valence-electron chi connectivity index (χ3n) is 8.61. The zero-order valence-electron chi connectivity index (χ0n) is 21.9. The highest BCUT2D eigenvalue weighted by Crippen LogP contribution is 2.55. The number of carboxylic acids is 1. The summed E-state index contributed by atoms with van der Waals surface area (Å²) in [5, 5.41) is 10.7. The number of carboxylic acid groups (broad SMARTS) is 1. The number of amides is 1. The number of sulfonamides is 1. The number of hydrogen-bond acceptors (Lipinski definition) is 4.